The fraction of sp³-hybridized carbons (Fsp3) is 0.286. The molecular weight excluding hydrogens is 242 g/mol. The molecule has 1 atom stereocenters. The van der Waals surface area contributed by atoms with Crippen molar-refractivity contribution in [1.29, 1.82) is 0 Å². The molecule has 0 aliphatic rings. The zero-order chi connectivity index (χ0) is 14.3. The van der Waals surface area contributed by atoms with Crippen molar-refractivity contribution in [1.82, 2.24) is 4.90 Å². The van der Waals surface area contributed by atoms with E-state index in [-0.39, 0.29) is 6.42 Å². The Balaban J connectivity index is 2.64. The Morgan fingerprint density at radius 1 is 1.53 bits per heavy atom. The molecule has 0 heterocycles. The molecule has 0 radical (unpaired) electrons. The summed E-state index contributed by atoms with van der Waals surface area (Å²) < 4.78 is 0. The van der Waals surface area contributed by atoms with Crippen LogP contribution in [0.25, 0.3) is 0 Å². The van der Waals surface area contributed by atoms with E-state index in [2.05, 4.69) is 11.7 Å². The number of hydrogen-bond acceptors (Lipinski definition) is 4. The average Bonchev–Trinajstić information content (AvgIpc) is 2.38. The standard InChI is InChI=1S/C14H19N3O2/c1-16-12(8-13(15)14(18)19)10-17(2)9-11-6-4-3-5-7-11/h3-7,10,13H,1,8-9,15H2,2H3,(H,18,19)/b12-10-/t13-/m0/s1. The van der Waals surface area contributed by atoms with Gasteiger partial charge >= 0.3 is 5.97 Å². The fourth-order valence-corrected chi connectivity index (χ4v) is 1.64. The molecule has 0 unspecified atom stereocenters. The van der Waals surface area contributed by atoms with Crippen LogP contribution in [0.15, 0.2) is 47.2 Å². The first-order chi connectivity index (χ1) is 9.02. The van der Waals surface area contributed by atoms with Crippen LogP contribution in [0, 0.1) is 0 Å². The number of aliphatic imine (C=N–C) groups is 1. The van der Waals surface area contributed by atoms with Gasteiger partial charge < -0.3 is 15.7 Å². The van der Waals surface area contributed by atoms with E-state index in [1.54, 1.807) is 6.20 Å². The normalized spacial score (nSPS) is 12.8. The molecule has 0 aliphatic carbocycles. The predicted octanol–water partition coefficient (Wildman–Crippen LogP) is 1.46. The maximum absolute atomic E-state index is 10.7. The third kappa shape index (κ3) is 5.35. The van der Waals surface area contributed by atoms with E-state index < -0.39 is 12.0 Å². The van der Waals surface area contributed by atoms with Gasteiger partial charge in [0.05, 0.1) is 5.70 Å². The van der Waals surface area contributed by atoms with Gasteiger partial charge in [0.2, 0.25) is 0 Å². The van der Waals surface area contributed by atoms with E-state index in [4.69, 9.17) is 10.8 Å². The van der Waals surface area contributed by atoms with E-state index >= 15 is 0 Å². The largest absolute Gasteiger partial charge is 0.480 e. The summed E-state index contributed by atoms with van der Waals surface area (Å²) in [6, 6.07) is 8.99. The molecule has 1 aromatic rings. The Morgan fingerprint density at radius 2 is 2.16 bits per heavy atom. The average molecular weight is 261 g/mol. The first-order valence-corrected chi connectivity index (χ1v) is 5.93. The summed E-state index contributed by atoms with van der Waals surface area (Å²) in [5.41, 5.74) is 7.20. The number of nitrogens with two attached hydrogens (primary N) is 1. The fourth-order valence-electron chi connectivity index (χ4n) is 1.64. The Labute approximate surface area is 113 Å². The van der Waals surface area contributed by atoms with Gasteiger partial charge in [0.1, 0.15) is 6.04 Å². The Bertz CT molecular complexity index is 457. The van der Waals surface area contributed by atoms with Gasteiger partial charge in [-0.25, -0.2) is 0 Å². The van der Waals surface area contributed by atoms with Gasteiger partial charge in [-0.2, -0.15) is 0 Å². The van der Waals surface area contributed by atoms with Crippen LogP contribution < -0.4 is 5.73 Å². The molecule has 3 N–H and O–H groups in total. The maximum Gasteiger partial charge on any atom is 0.320 e. The monoisotopic (exact) mass is 261 g/mol. The van der Waals surface area contributed by atoms with E-state index in [0.29, 0.717) is 12.2 Å². The molecule has 1 rings (SSSR count). The van der Waals surface area contributed by atoms with Crippen molar-refractivity contribution in [3.8, 4) is 0 Å². The Kier molecular flexibility index (Phi) is 5.75. The van der Waals surface area contributed by atoms with E-state index in [9.17, 15) is 4.79 Å². The lowest BCUT2D eigenvalue weighted by molar-refractivity contribution is -0.138. The van der Waals surface area contributed by atoms with Gasteiger partial charge in [-0.1, -0.05) is 30.3 Å². The van der Waals surface area contributed by atoms with E-state index in [0.717, 1.165) is 5.56 Å². The SMILES string of the molecule is C=N/C(=C\N(C)Cc1ccccc1)C[C@H](N)C(=O)O. The summed E-state index contributed by atoms with van der Waals surface area (Å²) >= 11 is 0. The third-order valence-corrected chi connectivity index (χ3v) is 2.59. The van der Waals surface area contributed by atoms with Gasteiger partial charge in [-0.05, 0) is 12.3 Å². The lowest BCUT2D eigenvalue weighted by atomic mass is 10.2. The molecule has 1 aromatic carbocycles. The van der Waals surface area contributed by atoms with Crippen LogP contribution >= 0.6 is 0 Å². The van der Waals surface area contributed by atoms with Crippen molar-refractivity contribution >= 4 is 12.7 Å². The highest BCUT2D eigenvalue weighted by Crippen LogP contribution is 2.09. The smallest absolute Gasteiger partial charge is 0.320 e. The number of rotatable bonds is 7. The lowest BCUT2D eigenvalue weighted by Crippen LogP contribution is -2.30. The first kappa shape index (κ1) is 14.9. The number of hydrogen-bond donors (Lipinski definition) is 2. The first-order valence-electron chi connectivity index (χ1n) is 5.93. The van der Waals surface area contributed by atoms with Gasteiger partial charge in [0.15, 0.2) is 0 Å². The van der Waals surface area contributed by atoms with Crippen LogP contribution in [0.3, 0.4) is 0 Å². The minimum absolute atomic E-state index is 0.165. The zero-order valence-electron chi connectivity index (χ0n) is 11.0. The topological polar surface area (TPSA) is 78.9 Å². The second-order valence-corrected chi connectivity index (χ2v) is 4.33. The summed E-state index contributed by atoms with van der Waals surface area (Å²) in [5.74, 6) is -1.04. The molecule has 0 saturated carbocycles. The molecule has 5 nitrogen and oxygen atoms in total. The van der Waals surface area contributed by atoms with Crippen molar-refractivity contribution in [2.75, 3.05) is 7.05 Å². The molecule has 19 heavy (non-hydrogen) atoms. The summed E-state index contributed by atoms with van der Waals surface area (Å²) in [6.45, 7) is 4.15. The lowest BCUT2D eigenvalue weighted by Gasteiger charge is -2.16. The van der Waals surface area contributed by atoms with Crippen LogP contribution in [-0.2, 0) is 11.3 Å². The van der Waals surface area contributed by atoms with Gasteiger partial charge in [-0.3, -0.25) is 9.79 Å². The van der Waals surface area contributed by atoms with Gasteiger partial charge in [0.25, 0.3) is 0 Å². The summed E-state index contributed by atoms with van der Waals surface area (Å²) in [7, 11) is 1.89. The molecule has 102 valence electrons. The van der Waals surface area contributed by atoms with Crippen molar-refractivity contribution in [2.24, 2.45) is 10.7 Å². The number of nitrogens with zero attached hydrogens (tertiary/aromatic N) is 2. The number of benzene rings is 1. The number of aliphatic carboxylic acids is 1. The molecule has 5 heteroatoms. The molecule has 0 aromatic heterocycles. The van der Waals surface area contributed by atoms with Gasteiger partial charge in [-0.15, -0.1) is 0 Å². The van der Waals surface area contributed by atoms with Crippen LogP contribution in [-0.4, -0.2) is 35.8 Å². The van der Waals surface area contributed by atoms with Crippen molar-refractivity contribution < 1.29 is 9.90 Å². The predicted molar refractivity (Wildman–Crippen MR) is 75.8 cm³/mol. The van der Waals surface area contributed by atoms with Crippen molar-refractivity contribution in [3.63, 3.8) is 0 Å². The summed E-state index contributed by atoms with van der Waals surface area (Å²) in [4.78, 5) is 16.4. The minimum atomic E-state index is -1.04. The molecule has 0 amide bonds. The van der Waals surface area contributed by atoms with Crippen LogP contribution in [0.4, 0.5) is 0 Å². The highest BCUT2D eigenvalue weighted by Gasteiger charge is 2.13. The number of carboxylic acids is 1. The molecule has 0 bridgehead atoms. The minimum Gasteiger partial charge on any atom is -0.480 e. The zero-order valence-corrected chi connectivity index (χ0v) is 11.0. The second-order valence-electron chi connectivity index (χ2n) is 4.33. The maximum atomic E-state index is 10.7. The van der Waals surface area contributed by atoms with Gasteiger partial charge in [0, 0.05) is 26.2 Å². The summed E-state index contributed by atoms with van der Waals surface area (Å²) in [6.07, 6.45) is 1.93. The highest BCUT2D eigenvalue weighted by molar-refractivity contribution is 5.73. The third-order valence-electron chi connectivity index (χ3n) is 2.59. The Hall–Kier alpha value is -2.14. The number of carboxylic acid groups (broad SMARTS) is 1. The Morgan fingerprint density at radius 3 is 2.68 bits per heavy atom. The molecule has 0 spiro atoms. The number of carbonyl (C=O) groups is 1. The van der Waals surface area contributed by atoms with Crippen molar-refractivity contribution in [3.05, 3.63) is 47.8 Å². The van der Waals surface area contributed by atoms with E-state index in [1.807, 2.05) is 42.3 Å². The van der Waals surface area contributed by atoms with Crippen molar-refractivity contribution in [2.45, 2.75) is 19.0 Å². The molecule has 0 fully saturated rings. The quantitative estimate of drug-likeness (QED) is 0.728. The van der Waals surface area contributed by atoms with Crippen LogP contribution in [0.2, 0.25) is 0 Å². The van der Waals surface area contributed by atoms with E-state index in [1.165, 1.54) is 0 Å². The molecule has 0 saturated heterocycles. The highest BCUT2D eigenvalue weighted by atomic mass is 16.4. The van der Waals surface area contributed by atoms with Crippen LogP contribution in [0.1, 0.15) is 12.0 Å². The molecular formula is C14H19N3O2. The summed E-state index contributed by atoms with van der Waals surface area (Å²) in [5, 5.41) is 8.77. The second kappa shape index (κ2) is 7.33. The molecule has 0 aliphatic heterocycles. The van der Waals surface area contributed by atoms with Crippen LogP contribution in [0.5, 0.6) is 0 Å².